The fourth-order valence-electron chi connectivity index (χ4n) is 0.865. The molecule has 0 aromatic heterocycles. The number of hydrogen-bond acceptors (Lipinski definition) is 2. The van der Waals surface area contributed by atoms with Gasteiger partial charge >= 0.3 is 0 Å². The predicted octanol–water partition coefficient (Wildman–Crippen LogP) is 1.91. The van der Waals surface area contributed by atoms with Crippen molar-refractivity contribution in [2.45, 2.75) is 27.2 Å². The molecule has 0 fully saturated rings. The predicted molar refractivity (Wildman–Crippen MR) is 45.1 cm³/mol. The van der Waals surface area contributed by atoms with Gasteiger partial charge in [0.25, 0.3) is 0 Å². The second-order valence-corrected chi connectivity index (χ2v) is 2.59. The van der Waals surface area contributed by atoms with E-state index in [-0.39, 0.29) is 0 Å². The van der Waals surface area contributed by atoms with Gasteiger partial charge in [-0.05, 0) is 24.8 Å². The minimum absolute atomic E-state index is 0.419. The monoisotopic (exact) mass is 140 g/mol. The molecule has 0 aliphatic heterocycles. The molecule has 3 N–H and O–H groups in total. The topological polar surface area (TPSA) is 49.9 Å². The zero-order valence-electron chi connectivity index (χ0n) is 6.94. The van der Waals surface area contributed by atoms with Crippen molar-refractivity contribution < 1.29 is 0 Å². The van der Waals surface area contributed by atoms with Crippen molar-refractivity contribution >= 4 is 6.21 Å². The molecule has 0 aromatic carbocycles. The molecule has 58 valence electrons. The van der Waals surface area contributed by atoms with Gasteiger partial charge in [-0.15, -0.1) is 0 Å². The van der Waals surface area contributed by atoms with E-state index in [2.05, 4.69) is 13.8 Å². The molecule has 0 aromatic rings. The highest BCUT2D eigenvalue weighted by molar-refractivity contribution is 5.77. The minimum Gasteiger partial charge on any atom is -0.402 e. The van der Waals surface area contributed by atoms with Crippen molar-refractivity contribution in [3.8, 4) is 0 Å². The molecular formula is C8H16N2. The molecule has 10 heavy (non-hydrogen) atoms. The minimum atomic E-state index is 0.419. The Hall–Kier alpha value is -0.790. The van der Waals surface area contributed by atoms with Crippen molar-refractivity contribution in [3.05, 3.63) is 11.3 Å². The van der Waals surface area contributed by atoms with Crippen LogP contribution in [0.25, 0.3) is 0 Å². The van der Waals surface area contributed by atoms with Crippen molar-refractivity contribution in [1.82, 2.24) is 0 Å². The molecule has 1 atom stereocenters. The summed E-state index contributed by atoms with van der Waals surface area (Å²) in [4.78, 5) is 0. The largest absolute Gasteiger partial charge is 0.402 e. The zero-order valence-corrected chi connectivity index (χ0v) is 6.94. The van der Waals surface area contributed by atoms with Gasteiger partial charge in [-0.2, -0.15) is 0 Å². The van der Waals surface area contributed by atoms with E-state index in [4.69, 9.17) is 11.1 Å². The van der Waals surface area contributed by atoms with Gasteiger partial charge in [0.05, 0.1) is 0 Å². The van der Waals surface area contributed by atoms with Gasteiger partial charge < -0.3 is 11.1 Å². The average Bonchev–Trinajstić information content (AvgIpc) is 1.88. The summed E-state index contributed by atoms with van der Waals surface area (Å²) in [5.74, 6) is 0.419. The summed E-state index contributed by atoms with van der Waals surface area (Å²) in [7, 11) is 0. The fourth-order valence-corrected chi connectivity index (χ4v) is 0.865. The van der Waals surface area contributed by atoms with Gasteiger partial charge in [-0.3, -0.25) is 0 Å². The molecule has 0 amide bonds. The van der Waals surface area contributed by atoms with Gasteiger partial charge in [0.15, 0.2) is 0 Å². The Balaban J connectivity index is 4.36. The number of hydrogen-bond donors (Lipinski definition) is 2. The lowest BCUT2D eigenvalue weighted by molar-refractivity contribution is 0.672. The summed E-state index contributed by atoms with van der Waals surface area (Å²) in [5.41, 5.74) is 7.28. The van der Waals surface area contributed by atoms with E-state index < -0.39 is 0 Å². The van der Waals surface area contributed by atoms with Crippen LogP contribution in [0.2, 0.25) is 0 Å². The van der Waals surface area contributed by atoms with Crippen LogP contribution in [0.5, 0.6) is 0 Å². The molecule has 0 heterocycles. The van der Waals surface area contributed by atoms with E-state index in [1.165, 1.54) is 6.21 Å². The van der Waals surface area contributed by atoms with Crippen LogP contribution in [0, 0.1) is 11.3 Å². The van der Waals surface area contributed by atoms with E-state index in [1.807, 2.05) is 6.92 Å². The van der Waals surface area contributed by atoms with E-state index in [0.29, 0.717) is 5.92 Å². The quantitative estimate of drug-likeness (QED) is 0.578. The highest BCUT2D eigenvalue weighted by atomic mass is 14.6. The maximum atomic E-state index is 7.06. The van der Waals surface area contributed by atoms with Crippen LogP contribution in [0.4, 0.5) is 0 Å². The molecule has 0 aliphatic carbocycles. The van der Waals surface area contributed by atoms with Crippen LogP contribution in [0.15, 0.2) is 11.3 Å². The maximum Gasteiger partial charge on any atom is 0.0229 e. The molecule has 0 bridgehead atoms. The summed E-state index contributed by atoms with van der Waals surface area (Å²) in [6, 6.07) is 0. The Kier molecular flexibility index (Phi) is 3.77. The average molecular weight is 140 g/mol. The normalized spacial score (nSPS) is 15.9. The highest BCUT2D eigenvalue weighted by Gasteiger charge is 2.04. The number of allylic oxidation sites excluding steroid dienone is 2. The van der Waals surface area contributed by atoms with Crippen molar-refractivity contribution in [3.63, 3.8) is 0 Å². The molecule has 0 aliphatic rings. The summed E-state index contributed by atoms with van der Waals surface area (Å²) < 4.78 is 0. The third-order valence-electron chi connectivity index (χ3n) is 1.75. The van der Waals surface area contributed by atoms with Crippen molar-refractivity contribution in [1.29, 1.82) is 5.41 Å². The lowest BCUT2D eigenvalue weighted by atomic mass is 9.98. The molecule has 0 saturated heterocycles. The van der Waals surface area contributed by atoms with E-state index >= 15 is 0 Å². The molecule has 0 rings (SSSR count). The van der Waals surface area contributed by atoms with E-state index in [9.17, 15) is 0 Å². The van der Waals surface area contributed by atoms with Gasteiger partial charge in [0.2, 0.25) is 0 Å². The van der Waals surface area contributed by atoms with Crippen LogP contribution in [0.3, 0.4) is 0 Å². The van der Waals surface area contributed by atoms with Crippen LogP contribution >= 0.6 is 0 Å². The molecule has 2 nitrogen and oxygen atoms in total. The van der Waals surface area contributed by atoms with Crippen LogP contribution in [-0.4, -0.2) is 6.21 Å². The van der Waals surface area contributed by atoms with Gasteiger partial charge in [0, 0.05) is 11.9 Å². The third-order valence-corrected chi connectivity index (χ3v) is 1.75. The Morgan fingerprint density at radius 2 is 2.20 bits per heavy atom. The first-order valence-corrected chi connectivity index (χ1v) is 3.60. The first-order chi connectivity index (χ1) is 4.63. The molecule has 0 unspecified atom stereocenters. The molecular weight excluding hydrogens is 124 g/mol. The lowest BCUT2D eigenvalue weighted by Crippen LogP contribution is -2.06. The Morgan fingerprint density at radius 1 is 1.70 bits per heavy atom. The SMILES string of the molecule is CC[C@@H](C)/C(C=N)=C(/C)N. The van der Waals surface area contributed by atoms with Gasteiger partial charge in [-0.25, -0.2) is 0 Å². The zero-order chi connectivity index (χ0) is 8.15. The molecule has 0 spiro atoms. The number of nitrogens with one attached hydrogen (secondary N) is 1. The third kappa shape index (κ3) is 2.21. The second kappa shape index (κ2) is 4.09. The summed E-state index contributed by atoms with van der Waals surface area (Å²) in [5, 5.41) is 7.06. The lowest BCUT2D eigenvalue weighted by Gasteiger charge is -2.09. The van der Waals surface area contributed by atoms with Gasteiger partial charge in [0.1, 0.15) is 0 Å². The fraction of sp³-hybridized carbons (Fsp3) is 0.625. The number of rotatable bonds is 3. The van der Waals surface area contributed by atoms with E-state index in [0.717, 1.165) is 17.7 Å². The Bertz CT molecular complexity index is 143. The summed E-state index contributed by atoms with van der Waals surface area (Å²) >= 11 is 0. The summed E-state index contributed by atoms with van der Waals surface area (Å²) in [6.07, 6.45) is 2.39. The van der Waals surface area contributed by atoms with E-state index in [1.54, 1.807) is 0 Å². The summed E-state index contributed by atoms with van der Waals surface area (Å²) in [6.45, 7) is 6.01. The first-order valence-electron chi connectivity index (χ1n) is 3.60. The van der Waals surface area contributed by atoms with Crippen molar-refractivity contribution in [2.24, 2.45) is 11.7 Å². The van der Waals surface area contributed by atoms with Gasteiger partial charge in [-0.1, -0.05) is 13.8 Å². The Labute approximate surface area is 62.6 Å². The molecule has 0 radical (unpaired) electrons. The first kappa shape index (κ1) is 9.21. The molecule has 0 saturated carbocycles. The van der Waals surface area contributed by atoms with Crippen LogP contribution in [0.1, 0.15) is 27.2 Å². The van der Waals surface area contributed by atoms with Crippen molar-refractivity contribution in [2.75, 3.05) is 0 Å². The second-order valence-electron chi connectivity index (χ2n) is 2.59. The smallest absolute Gasteiger partial charge is 0.0229 e. The molecule has 2 heteroatoms. The Morgan fingerprint density at radius 3 is 2.30 bits per heavy atom. The number of nitrogens with two attached hydrogens (primary N) is 1. The standard InChI is InChI=1S/C8H16N2/c1-4-6(2)8(5-9)7(3)10/h5-6,9H,4,10H2,1-3H3/b8-7-,9-5?/t6-/m1/s1. The van der Waals surface area contributed by atoms with Crippen LogP contribution < -0.4 is 5.73 Å². The van der Waals surface area contributed by atoms with Crippen LogP contribution in [-0.2, 0) is 0 Å². The maximum absolute atomic E-state index is 7.06. The highest BCUT2D eigenvalue weighted by Crippen LogP contribution is 2.13.